The lowest BCUT2D eigenvalue weighted by Crippen LogP contribution is -2.25. The maximum atomic E-state index is 5.74. The summed E-state index contributed by atoms with van der Waals surface area (Å²) in [6.07, 6.45) is 5.31. The van der Waals surface area contributed by atoms with E-state index in [0.29, 0.717) is 6.61 Å². The predicted octanol–water partition coefficient (Wildman–Crippen LogP) is 1.15. The third-order valence-corrected chi connectivity index (χ3v) is 2.02. The van der Waals surface area contributed by atoms with E-state index >= 15 is 0 Å². The first-order valence-electron chi connectivity index (χ1n) is 4.07. The minimum Gasteiger partial charge on any atom is -0.383 e. The Balaban J connectivity index is 1.89. The van der Waals surface area contributed by atoms with E-state index in [-0.39, 0.29) is 6.04 Å². The first-order valence-corrected chi connectivity index (χ1v) is 4.07. The molecule has 0 aromatic rings. The molecule has 1 saturated carbocycles. The highest BCUT2D eigenvalue weighted by Crippen LogP contribution is 2.33. The Morgan fingerprint density at radius 1 is 1.60 bits per heavy atom. The first-order chi connectivity index (χ1) is 4.83. The van der Waals surface area contributed by atoms with Gasteiger partial charge in [0, 0.05) is 13.2 Å². The minimum atomic E-state index is 0.269. The maximum Gasteiger partial charge on any atom is 0.0613 e. The van der Waals surface area contributed by atoms with Crippen LogP contribution in [0.5, 0.6) is 0 Å². The summed E-state index contributed by atoms with van der Waals surface area (Å²) < 4.78 is 4.93. The highest BCUT2D eigenvalue weighted by molar-refractivity contribution is 4.75. The van der Waals surface area contributed by atoms with Crippen LogP contribution in [-0.4, -0.2) is 19.8 Å². The molecule has 0 spiro atoms. The molecule has 0 bridgehead atoms. The van der Waals surface area contributed by atoms with Crippen molar-refractivity contribution >= 4 is 0 Å². The molecular weight excluding hydrogens is 126 g/mol. The summed E-state index contributed by atoms with van der Waals surface area (Å²) in [5, 5.41) is 0. The summed E-state index contributed by atoms with van der Waals surface area (Å²) in [5.74, 6) is 1.00. The van der Waals surface area contributed by atoms with Gasteiger partial charge in [0.25, 0.3) is 0 Å². The third-order valence-electron chi connectivity index (χ3n) is 2.02. The zero-order chi connectivity index (χ0) is 7.40. The lowest BCUT2D eigenvalue weighted by atomic mass is 10.1. The number of ether oxygens (including phenoxy) is 1. The average Bonchev–Trinajstić information content (AvgIpc) is 2.67. The standard InChI is InChI=1S/C8H17NO/c1-10-6-8(9)5-4-7-2-3-7/h7-8H,2-6,9H2,1H3. The van der Waals surface area contributed by atoms with Crippen molar-refractivity contribution < 1.29 is 4.74 Å². The molecule has 1 aliphatic carbocycles. The molecular formula is C8H17NO. The van der Waals surface area contributed by atoms with Crippen molar-refractivity contribution in [2.24, 2.45) is 11.7 Å². The van der Waals surface area contributed by atoms with Crippen LogP contribution in [-0.2, 0) is 4.74 Å². The SMILES string of the molecule is COCC(N)CCC1CC1. The second-order valence-corrected chi connectivity index (χ2v) is 3.24. The van der Waals surface area contributed by atoms with Crippen LogP contribution < -0.4 is 5.73 Å². The largest absolute Gasteiger partial charge is 0.383 e. The van der Waals surface area contributed by atoms with Gasteiger partial charge >= 0.3 is 0 Å². The predicted molar refractivity (Wildman–Crippen MR) is 41.8 cm³/mol. The second kappa shape index (κ2) is 3.94. The molecule has 0 amide bonds. The number of nitrogens with two attached hydrogens (primary N) is 1. The van der Waals surface area contributed by atoms with Crippen molar-refractivity contribution in [1.82, 2.24) is 0 Å². The molecule has 1 fully saturated rings. The summed E-state index contributed by atoms with van der Waals surface area (Å²) in [5.41, 5.74) is 5.74. The molecule has 2 N–H and O–H groups in total. The van der Waals surface area contributed by atoms with Gasteiger partial charge in [-0.3, -0.25) is 0 Å². The van der Waals surface area contributed by atoms with Gasteiger partial charge in [-0.25, -0.2) is 0 Å². The molecule has 0 aliphatic heterocycles. The van der Waals surface area contributed by atoms with E-state index in [1.807, 2.05) is 0 Å². The average molecular weight is 143 g/mol. The highest BCUT2D eigenvalue weighted by atomic mass is 16.5. The Morgan fingerprint density at radius 2 is 2.30 bits per heavy atom. The molecule has 1 rings (SSSR count). The van der Waals surface area contributed by atoms with Crippen molar-refractivity contribution in [2.45, 2.75) is 31.7 Å². The Kier molecular flexibility index (Phi) is 3.16. The van der Waals surface area contributed by atoms with Gasteiger partial charge in [0.2, 0.25) is 0 Å². The molecule has 2 nitrogen and oxygen atoms in total. The van der Waals surface area contributed by atoms with Crippen molar-refractivity contribution in [3.8, 4) is 0 Å². The van der Waals surface area contributed by atoms with Gasteiger partial charge in [-0.1, -0.05) is 12.8 Å². The minimum absolute atomic E-state index is 0.269. The summed E-state index contributed by atoms with van der Waals surface area (Å²) in [6, 6.07) is 0.269. The number of rotatable bonds is 5. The van der Waals surface area contributed by atoms with Crippen LogP contribution in [0.1, 0.15) is 25.7 Å². The lowest BCUT2D eigenvalue weighted by Gasteiger charge is -2.08. The van der Waals surface area contributed by atoms with Crippen LogP contribution in [0.15, 0.2) is 0 Å². The summed E-state index contributed by atoms with van der Waals surface area (Å²) in [6.45, 7) is 0.715. The molecule has 1 atom stereocenters. The van der Waals surface area contributed by atoms with Crippen molar-refractivity contribution in [1.29, 1.82) is 0 Å². The van der Waals surface area contributed by atoms with Crippen LogP contribution in [0.2, 0.25) is 0 Å². The van der Waals surface area contributed by atoms with Gasteiger partial charge in [0.05, 0.1) is 6.61 Å². The zero-order valence-electron chi connectivity index (χ0n) is 6.68. The van der Waals surface area contributed by atoms with E-state index in [1.165, 1.54) is 19.3 Å². The van der Waals surface area contributed by atoms with E-state index in [4.69, 9.17) is 10.5 Å². The van der Waals surface area contributed by atoms with Crippen LogP contribution in [0.4, 0.5) is 0 Å². The molecule has 0 radical (unpaired) electrons. The van der Waals surface area contributed by atoms with Gasteiger partial charge < -0.3 is 10.5 Å². The van der Waals surface area contributed by atoms with Gasteiger partial charge in [-0.2, -0.15) is 0 Å². The fourth-order valence-electron chi connectivity index (χ4n) is 1.15. The second-order valence-electron chi connectivity index (χ2n) is 3.24. The van der Waals surface area contributed by atoms with Crippen LogP contribution in [0.3, 0.4) is 0 Å². The number of methoxy groups -OCH3 is 1. The molecule has 2 heteroatoms. The monoisotopic (exact) mass is 143 g/mol. The Hall–Kier alpha value is -0.0800. The molecule has 1 aliphatic rings. The number of hydrogen-bond acceptors (Lipinski definition) is 2. The van der Waals surface area contributed by atoms with Crippen molar-refractivity contribution in [2.75, 3.05) is 13.7 Å². The van der Waals surface area contributed by atoms with Gasteiger partial charge in [0.1, 0.15) is 0 Å². The summed E-state index contributed by atoms with van der Waals surface area (Å²) in [4.78, 5) is 0. The quantitative estimate of drug-likeness (QED) is 0.626. The maximum absolute atomic E-state index is 5.74. The first kappa shape index (κ1) is 8.02. The summed E-state index contributed by atoms with van der Waals surface area (Å²) in [7, 11) is 1.71. The molecule has 10 heavy (non-hydrogen) atoms. The Labute approximate surface area is 62.7 Å². The number of hydrogen-bond donors (Lipinski definition) is 1. The van der Waals surface area contributed by atoms with E-state index in [0.717, 1.165) is 12.3 Å². The van der Waals surface area contributed by atoms with E-state index in [2.05, 4.69) is 0 Å². The van der Waals surface area contributed by atoms with Crippen molar-refractivity contribution in [3.63, 3.8) is 0 Å². The zero-order valence-corrected chi connectivity index (χ0v) is 6.68. The lowest BCUT2D eigenvalue weighted by molar-refractivity contribution is 0.175. The smallest absolute Gasteiger partial charge is 0.0613 e. The molecule has 0 aromatic heterocycles. The third kappa shape index (κ3) is 3.18. The Bertz CT molecular complexity index is 91.3. The van der Waals surface area contributed by atoms with Crippen LogP contribution in [0.25, 0.3) is 0 Å². The van der Waals surface area contributed by atoms with Gasteiger partial charge in [0.15, 0.2) is 0 Å². The van der Waals surface area contributed by atoms with Crippen molar-refractivity contribution in [3.05, 3.63) is 0 Å². The molecule has 60 valence electrons. The van der Waals surface area contributed by atoms with Crippen LogP contribution >= 0.6 is 0 Å². The molecule has 0 heterocycles. The highest BCUT2D eigenvalue weighted by Gasteiger charge is 2.21. The van der Waals surface area contributed by atoms with E-state index in [9.17, 15) is 0 Å². The van der Waals surface area contributed by atoms with Gasteiger partial charge in [-0.05, 0) is 18.8 Å². The fourth-order valence-corrected chi connectivity index (χ4v) is 1.15. The van der Waals surface area contributed by atoms with Gasteiger partial charge in [-0.15, -0.1) is 0 Å². The van der Waals surface area contributed by atoms with E-state index < -0.39 is 0 Å². The summed E-state index contributed by atoms with van der Waals surface area (Å²) >= 11 is 0. The normalized spacial score (nSPS) is 21.0. The van der Waals surface area contributed by atoms with Crippen LogP contribution in [0, 0.1) is 5.92 Å². The topological polar surface area (TPSA) is 35.2 Å². The molecule has 0 aromatic carbocycles. The van der Waals surface area contributed by atoms with E-state index in [1.54, 1.807) is 7.11 Å². The molecule has 1 unspecified atom stereocenters. The molecule has 0 saturated heterocycles. The Morgan fingerprint density at radius 3 is 2.80 bits per heavy atom. The fraction of sp³-hybridized carbons (Fsp3) is 1.00.